The number of likely N-dealkylation sites (tertiary alicyclic amines) is 1. The van der Waals surface area contributed by atoms with Crippen LogP contribution >= 0.6 is 15.9 Å². The highest BCUT2D eigenvalue weighted by atomic mass is 79.9. The summed E-state index contributed by atoms with van der Waals surface area (Å²) in [7, 11) is 0. The number of carbonyl (C=O) groups is 4. The maximum absolute atomic E-state index is 13.3. The van der Waals surface area contributed by atoms with Crippen molar-refractivity contribution < 1.29 is 24.3 Å². The van der Waals surface area contributed by atoms with Gasteiger partial charge in [-0.2, -0.15) is 0 Å². The lowest BCUT2D eigenvalue weighted by molar-refractivity contribution is -0.140. The number of hydrogen-bond acceptors (Lipinski definition) is 5. The molecule has 3 aliphatic carbocycles. The first kappa shape index (κ1) is 21.1. The molecule has 1 aromatic carbocycles. The molecule has 0 bridgehead atoms. The van der Waals surface area contributed by atoms with Gasteiger partial charge in [0.15, 0.2) is 11.6 Å². The Bertz CT molecular complexity index is 1180. The molecule has 0 radical (unpaired) electrons. The van der Waals surface area contributed by atoms with Crippen molar-refractivity contribution in [1.82, 2.24) is 4.90 Å². The van der Waals surface area contributed by atoms with Gasteiger partial charge in [0.1, 0.15) is 5.75 Å². The van der Waals surface area contributed by atoms with E-state index in [1.54, 1.807) is 18.2 Å². The molecule has 7 heteroatoms. The van der Waals surface area contributed by atoms with Crippen LogP contribution in [-0.2, 0) is 19.2 Å². The molecule has 32 heavy (non-hydrogen) atoms. The van der Waals surface area contributed by atoms with Crippen molar-refractivity contribution in [3.05, 3.63) is 63.2 Å². The van der Waals surface area contributed by atoms with Gasteiger partial charge in [-0.25, -0.2) is 0 Å². The monoisotopic (exact) mass is 495 g/mol. The predicted molar refractivity (Wildman–Crippen MR) is 120 cm³/mol. The first-order chi connectivity index (χ1) is 15.3. The summed E-state index contributed by atoms with van der Waals surface area (Å²) in [6, 6.07) is 6.67. The molecule has 6 nitrogen and oxygen atoms in total. The van der Waals surface area contributed by atoms with Crippen LogP contribution in [0.5, 0.6) is 5.75 Å². The van der Waals surface area contributed by atoms with Gasteiger partial charge in [0.05, 0.1) is 16.3 Å². The molecule has 0 saturated carbocycles. The summed E-state index contributed by atoms with van der Waals surface area (Å²) in [5.41, 5.74) is 2.39. The number of allylic oxidation sites excluding steroid dienone is 6. The normalized spacial score (nSPS) is 29.5. The minimum atomic E-state index is -0.534. The number of ketones is 2. The summed E-state index contributed by atoms with van der Waals surface area (Å²) in [6.45, 7) is 2.32. The van der Waals surface area contributed by atoms with Gasteiger partial charge in [-0.15, -0.1) is 0 Å². The minimum absolute atomic E-state index is 0.0635. The van der Waals surface area contributed by atoms with E-state index in [0.717, 1.165) is 5.57 Å². The summed E-state index contributed by atoms with van der Waals surface area (Å²) in [5, 5.41) is 10.1. The highest BCUT2D eigenvalue weighted by Gasteiger charge is 2.56. The largest absolute Gasteiger partial charge is 0.508 e. The van der Waals surface area contributed by atoms with Crippen LogP contribution in [0.3, 0.4) is 0 Å². The SMILES string of the molecule is CCCN1C(=O)[C@H]2[C@H](CC=C3[C@H](c4cccc(O)c4)C4=C(C[C@H]32)C(=O)C(Br)=CC4=O)C1=O. The number of fused-ring (bicyclic) bond motifs is 3. The summed E-state index contributed by atoms with van der Waals surface area (Å²) < 4.78 is 0.206. The molecule has 1 heterocycles. The van der Waals surface area contributed by atoms with Crippen molar-refractivity contribution in [3.63, 3.8) is 0 Å². The number of Topliss-reactive ketones (excluding diaryl/α,β-unsaturated/α-hetero) is 1. The van der Waals surface area contributed by atoms with Crippen LogP contribution in [0.25, 0.3) is 0 Å². The van der Waals surface area contributed by atoms with Crippen molar-refractivity contribution in [3.8, 4) is 5.75 Å². The summed E-state index contributed by atoms with van der Waals surface area (Å²) >= 11 is 3.21. The minimum Gasteiger partial charge on any atom is -0.508 e. The average Bonchev–Trinajstić information content (AvgIpc) is 3.01. The number of rotatable bonds is 3. The molecule has 164 valence electrons. The second-order valence-electron chi connectivity index (χ2n) is 8.82. The molecule has 1 aromatic rings. The van der Waals surface area contributed by atoms with Crippen molar-refractivity contribution in [2.75, 3.05) is 6.54 Å². The maximum atomic E-state index is 13.3. The van der Waals surface area contributed by atoms with Crippen molar-refractivity contribution in [1.29, 1.82) is 0 Å². The molecule has 2 amide bonds. The number of phenolic OH excluding ortho intramolecular Hbond substituents is 1. The molecule has 1 aliphatic heterocycles. The molecule has 1 saturated heterocycles. The number of amides is 2. The number of benzene rings is 1. The molecule has 1 fully saturated rings. The molecule has 4 aliphatic rings. The van der Waals surface area contributed by atoms with Gasteiger partial charge in [0.2, 0.25) is 11.8 Å². The van der Waals surface area contributed by atoms with E-state index in [-0.39, 0.29) is 46.0 Å². The topological polar surface area (TPSA) is 91.8 Å². The summed E-state index contributed by atoms with van der Waals surface area (Å²) in [5.74, 6) is -2.59. The number of hydrogen-bond donors (Lipinski definition) is 1. The highest BCUT2D eigenvalue weighted by molar-refractivity contribution is 9.12. The van der Waals surface area contributed by atoms with Gasteiger partial charge < -0.3 is 5.11 Å². The molecule has 0 aromatic heterocycles. The van der Waals surface area contributed by atoms with Crippen LogP contribution in [0.4, 0.5) is 0 Å². The van der Waals surface area contributed by atoms with E-state index in [1.807, 2.05) is 19.1 Å². The van der Waals surface area contributed by atoms with Crippen molar-refractivity contribution in [2.24, 2.45) is 17.8 Å². The Morgan fingerprint density at radius 3 is 2.62 bits per heavy atom. The van der Waals surface area contributed by atoms with E-state index in [0.29, 0.717) is 36.1 Å². The molecule has 1 N–H and O–H groups in total. The number of carbonyl (C=O) groups excluding carboxylic acids is 4. The van der Waals surface area contributed by atoms with Crippen LogP contribution < -0.4 is 0 Å². The van der Waals surface area contributed by atoms with Gasteiger partial charge in [-0.3, -0.25) is 24.1 Å². The van der Waals surface area contributed by atoms with Crippen LogP contribution in [-0.4, -0.2) is 39.9 Å². The number of imide groups is 1. The molecule has 0 unspecified atom stereocenters. The predicted octanol–water partition coefficient (Wildman–Crippen LogP) is 3.56. The lowest BCUT2D eigenvalue weighted by Crippen LogP contribution is -2.39. The lowest BCUT2D eigenvalue weighted by atomic mass is 9.59. The van der Waals surface area contributed by atoms with Crippen LogP contribution in [0, 0.1) is 17.8 Å². The molecule has 4 atom stereocenters. The first-order valence-electron chi connectivity index (χ1n) is 10.9. The van der Waals surface area contributed by atoms with Crippen LogP contribution in [0.2, 0.25) is 0 Å². The van der Waals surface area contributed by atoms with E-state index >= 15 is 0 Å². The third-order valence-corrected chi connectivity index (χ3v) is 7.66. The lowest BCUT2D eigenvalue weighted by Gasteiger charge is -2.42. The summed E-state index contributed by atoms with van der Waals surface area (Å²) in [4.78, 5) is 53.8. The van der Waals surface area contributed by atoms with Gasteiger partial charge in [0, 0.05) is 29.7 Å². The van der Waals surface area contributed by atoms with E-state index in [4.69, 9.17) is 0 Å². The number of halogens is 1. The van der Waals surface area contributed by atoms with Gasteiger partial charge in [-0.05, 0) is 58.8 Å². The third-order valence-electron chi connectivity index (χ3n) is 7.07. The quantitative estimate of drug-likeness (QED) is 0.393. The van der Waals surface area contributed by atoms with E-state index in [9.17, 15) is 24.3 Å². The molecular formula is C25H22BrNO5. The van der Waals surface area contributed by atoms with E-state index in [2.05, 4.69) is 15.9 Å². The smallest absolute Gasteiger partial charge is 0.233 e. The highest BCUT2D eigenvalue weighted by Crippen LogP contribution is 2.55. The van der Waals surface area contributed by atoms with Crippen molar-refractivity contribution in [2.45, 2.75) is 32.1 Å². The van der Waals surface area contributed by atoms with Gasteiger partial charge in [0.25, 0.3) is 0 Å². The fraction of sp³-hybridized carbons (Fsp3) is 0.360. The second kappa shape index (κ2) is 7.66. The first-order valence-corrected chi connectivity index (χ1v) is 11.7. The summed E-state index contributed by atoms with van der Waals surface area (Å²) in [6.07, 6.45) is 4.66. The molecule has 5 rings (SSSR count). The molecular weight excluding hydrogens is 474 g/mol. The maximum Gasteiger partial charge on any atom is 0.233 e. The fourth-order valence-electron chi connectivity index (χ4n) is 5.80. The number of nitrogens with zero attached hydrogens (tertiary/aromatic N) is 1. The van der Waals surface area contributed by atoms with Crippen LogP contribution in [0.15, 0.2) is 57.6 Å². The van der Waals surface area contributed by atoms with Gasteiger partial charge in [-0.1, -0.05) is 30.7 Å². The number of aromatic hydroxyl groups is 1. The Morgan fingerprint density at radius 2 is 1.91 bits per heavy atom. The van der Waals surface area contributed by atoms with E-state index < -0.39 is 17.8 Å². The number of phenols is 1. The average molecular weight is 496 g/mol. The zero-order valence-corrected chi connectivity index (χ0v) is 19.1. The fourth-order valence-corrected chi connectivity index (χ4v) is 6.25. The zero-order valence-electron chi connectivity index (χ0n) is 17.5. The van der Waals surface area contributed by atoms with E-state index in [1.165, 1.54) is 11.0 Å². The third kappa shape index (κ3) is 2.98. The van der Waals surface area contributed by atoms with Crippen LogP contribution in [0.1, 0.15) is 37.7 Å². The Labute approximate surface area is 193 Å². The Morgan fingerprint density at radius 1 is 1.12 bits per heavy atom. The van der Waals surface area contributed by atoms with Gasteiger partial charge >= 0.3 is 0 Å². The standard InChI is InChI=1S/C25H22BrNO5/c1-2-8-27-24(31)15-7-6-14-16(21(15)25(27)32)10-17-22(19(29)11-18(26)23(17)30)20(14)12-4-3-5-13(28)9-12/h3-6,9,11,15-16,20-21,28H,2,7-8,10H2,1H3/t15-,16+,20-,21-/m0/s1. The Kier molecular flexibility index (Phi) is 5.04. The zero-order chi connectivity index (χ0) is 22.7. The molecule has 0 spiro atoms. The van der Waals surface area contributed by atoms with Crippen molar-refractivity contribution >= 4 is 39.3 Å². The Hall–Kier alpha value is -2.80. The second-order valence-corrected chi connectivity index (χ2v) is 9.67. The Balaban J connectivity index is 1.67.